The van der Waals surface area contributed by atoms with Gasteiger partial charge in [0.25, 0.3) is 0 Å². The van der Waals surface area contributed by atoms with Gasteiger partial charge in [-0.2, -0.15) is 0 Å². The lowest BCUT2D eigenvalue weighted by molar-refractivity contribution is -0.151. The van der Waals surface area contributed by atoms with Crippen LogP contribution in [0, 0.1) is 0 Å². The lowest BCUT2D eigenvalue weighted by Gasteiger charge is -2.31. The molecule has 1 fully saturated rings. The number of rotatable bonds is 2. The Hall–Kier alpha value is -1.03. The standard InChI is InChI=1S/C11H20N2O2/c1-9(10(14)15-11(2,3)4)13-7-5-12-6-8-13/h12H,1,5-8H2,2-4H3. The van der Waals surface area contributed by atoms with Gasteiger partial charge in [0.15, 0.2) is 0 Å². The molecule has 1 aliphatic rings. The van der Waals surface area contributed by atoms with Crippen molar-refractivity contribution < 1.29 is 9.53 Å². The molecule has 0 amide bonds. The summed E-state index contributed by atoms with van der Waals surface area (Å²) in [6.07, 6.45) is 0. The van der Waals surface area contributed by atoms with Crippen LogP contribution in [0.5, 0.6) is 0 Å². The predicted molar refractivity (Wildman–Crippen MR) is 59.4 cm³/mol. The fourth-order valence-electron chi connectivity index (χ4n) is 1.40. The number of nitrogens with one attached hydrogen (secondary N) is 1. The molecule has 0 bridgehead atoms. The zero-order valence-corrected chi connectivity index (χ0v) is 9.80. The maximum atomic E-state index is 11.7. The van der Waals surface area contributed by atoms with Gasteiger partial charge in [-0.3, -0.25) is 0 Å². The molecule has 0 aliphatic carbocycles. The maximum Gasteiger partial charge on any atom is 0.354 e. The molecule has 0 saturated carbocycles. The molecule has 1 N–H and O–H groups in total. The number of hydrogen-bond acceptors (Lipinski definition) is 4. The van der Waals surface area contributed by atoms with Gasteiger partial charge in [-0.1, -0.05) is 6.58 Å². The SMILES string of the molecule is C=C(C(=O)OC(C)(C)C)N1CCNCC1. The van der Waals surface area contributed by atoms with Gasteiger partial charge in [0.05, 0.1) is 0 Å². The van der Waals surface area contributed by atoms with Crippen molar-refractivity contribution in [2.24, 2.45) is 0 Å². The van der Waals surface area contributed by atoms with Crippen molar-refractivity contribution in [3.05, 3.63) is 12.3 Å². The third kappa shape index (κ3) is 3.91. The Labute approximate surface area is 91.3 Å². The van der Waals surface area contributed by atoms with Crippen LogP contribution in [-0.4, -0.2) is 42.6 Å². The highest BCUT2D eigenvalue weighted by Gasteiger charge is 2.23. The lowest BCUT2D eigenvalue weighted by atomic mass is 10.2. The highest BCUT2D eigenvalue weighted by Crippen LogP contribution is 2.12. The first-order valence-corrected chi connectivity index (χ1v) is 5.28. The summed E-state index contributed by atoms with van der Waals surface area (Å²) in [5, 5.41) is 3.22. The molecule has 4 nitrogen and oxygen atoms in total. The lowest BCUT2D eigenvalue weighted by Crippen LogP contribution is -2.44. The minimum absolute atomic E-state index is 0.315. The van der Waals surface area contributed by atoms with Crippen LogP contribution in [0.25, 0.3) is 0 Å². The van der Waals surface area contributed by atoms with Crippen LogP contribution in [0.3, 0.4) is 0 Å². The quantitative estimate of drug-likeness (QED) is 0.541. The molecule has 0 atom stereocenters. The second-order valence-corrected chi connectivity index (χ2v) is 4.69. The molecule has 4 heteroatoms. The van der Waals surface area contributed by atoms with Gasteiger partial charge in [-0.25, -0.2) is 4.79 Å². The highest BCUT2D eigenvalue weighted by molar-refractivity contribution is 5.87. The van der Waals surface area contributed by atoms with E-state index < -0.39 is 5.60 Å². The van der Waals surface area contributed by atoms with Gasteiger partial charge in [0, 0.05) is 26.2 Å². The minimum Gasteiger partial charge on any atom is -0.455 e. The second kappa shape index (κ2) is 4.66. The van der Waals surface area contributed by atoms with Crippen LogP contribution >= 0.6 is 0 Å². The maximum absolute atomic E-state index is 11.7. The van der Waals surface area contributed by atoms with E-state index in [0.29, 0.717) is 5.70 Å². The van der Waals surface area contributed by atoms with E-state index in [0.717, 1.165) is 26.2 Å². The van der Waals surface area contributed by atoms with E-state index in [2.05, 4.69) is 11.9 Å². The number of piperazine rings is 1. The Morgan fingerprint density at radius 1 is 1.33 bits per heavy atom. The van der Waals surface area contributed by atoms with Crippen LogP contribution < -0.4 is 5.32 Å². The number of esters is 1. The van der Waals surface area contributed by atoms with Crippen molar-refractivity contribution in [2.75, 3.05) is 26.2 Å². The normalized spacial score (nSPS) is 17.4. The number of hydrogen-bond donors (Lipinski definition) is 1. The monoisotopic (exact) mass is 212 g/mol. The van der Waals surface area contributed by atoms with Crippen LogP contribution in [0.1, 0.15) is 20.8 Å². The van der Waals surface area contributed by atoms with E-state index in [9.17, 15) is 4.79 Å². The van der Waals surface area contributed by atoms with Crippen LogP contribution in [0.4, 0.5) is 0 Å². The molecule has 1 saturated heterocycles. The topological polar surface area (TPSA) is 41.6 Å². The van der Waals surface area contributed by atoms with Crippen LogP contribution in [0.2, 0.25) is 0 Å². The molecule has 1 heterocycles. The first kappa shape index (κ1) is 12.0. The van der Waals surface area contributed by atoms with Gasteiger partial charge in [0.1, 0.15) is 11.3 Å². The van der Waals surface area contributed by atoms with Gasteiger partial charge in [-0.15, -0.1) is 0 Å². The molecular weight excluding hydrogens is 192 g/mol. The Bertz CT molecular complexity index is 250. The predicted octanol–water partition coefficient (Wildman–Crippen LogP) is 0.747. The average Bonchev–Trinajstić information content (AvgIpc) is 2.15. The minimum atomic E-state index is -0.450. The fourth-order valence-corrected chi connectivity index (χ4v) is 1.40. The molecule has 0 spiro atoms. The first-order chi connectivity index (χ1) is 6.90. The van der Waals surface area contributed by atoms with Gasteiger partial charge < -0.3 is 15.0 Å². The van der Waals surface area contributed by atoms with Gasteiger partial charge in [0.2, 0.25) is 0 Å². The summed E-state index contributed by atoms with van der Waals surface area (Å²) in [4.78, 5) is 13.6. The molecule has 1 aliphatic heterocycles. The van der Waals surface area contributed by atoms with Crippen molar-refractivity contribution in [3.63, 3.8) is 0 Å². The van der Waals surface area contributed by atoms with E-state index >= 15 is 0 Å². The Balaban J connectivity index is 2.48. The van der Waals surface area contributed by atoms with Crippen LogP contribution in [-0.2, 0) is 9.53 Å². The fraction of sp³-hybridized carbons (Fsp3) is 0.727. The van der Waals surface area contributed by atoms with Crippen molar-refractivity contribution in [3.8, 4) is 0 Å². The molecule has 0 unspecified atom stereocenters. The zero-order valence-electron chi connectivity index (χ0n) is 9.80. The highest BCUT2D eigenvalue weighted by atomic mass is 16.6. The molecule has 86 valence electrons. The zero-order chi connectivity index (χ0) is 11.5. The smallest absolute Gasteiger partial charge is 0.354 e. The average molecular weight is 212 g/mol. The Morgan fingerprint density at radius 2 is 1.87 bits per heavy atom. The number of ether oxygens (including phenoxy) is 1. The van der Waals surface area contributed by atoms with Gasteiger partial charge in [-0.05, 0) is 20.8 Å². The Kier molecular flexibility index (Phi) is 3.74. The van der Waals surface area contributed by atoms with Crippen molar-refractivity contribution in [1.82, 2.24) is 10.2 Å². The van der Waals surface area contributed by atoms with E-state index in [1.54, 1.807) is 0 Å². The third-order valence-corrected chi connectivity index (χ3v) is 2.13. The Morgan fingerprint density at radius 3 is 2.33 bits per heavy atom. The third-order valence-electron chi connectivity index (χ3n) is 2.13. The largest absolute Gasteiger partial charge is 0.455 e. The van der Waals surface area contributed by atoms with E-state index in [1.165, 1.54) is 0 Å². The van der Waals surface area contributed by atoms with Crippen molar-refractivity contribution in [2.45, 2.75) is 26.4 Å². The molecular formula is C11H20N2O2. The first-order valence-electron chi connectivity index (χ1n) is 5.28. The van der Waals surface area contributed by atoms with E-state index in [4.69, 9.17) is 4.74 Å². The number of nitrogens with zero attached hydrogens (tertiary/aromatic N) is 1. The molecule has 1 rings (SSSR count). The van der Waals surface area contributed by atoms with Crippen molar-refractivity contribution >= 4 is 5.97 Å². The summed E-state index contributed by atoms with van der Waals surface area (Å²) in [6.45, 7) is 12.8. The summed E-state index contributed by atoms with van der Waals surface area (Å²) >= 11 is 0. The summed E-state index contributed by atoms with van der Waals surface area (Å²) in [7, 11) is 0. The number of carbonyl (C=O) groups is 1. The second-order valence-electron chi connectivity index (χ2n) is 4.69. The van der Waals surface area contributed by atoms with E-state index in [-0.39, 0.29) is 5.97 Å². The molecule has 0 aromatic rings. The summed E-state index contributed by atoms with van der Waals surface area (Å²) in [6, 6.07) is 0. The molecule has 15 heavy (non-hydrogen) atoms. The summed E-state index contributed by atoms with van der Waals surface area (Å²) in [5.74, 6) is -0.315. The molecule has 0 aromatic heterocycles. The van der Waals surface area contributed by atoms with Crippen LogP contribution in [0.15, 0.2) is 12.3 Å². The summed E-state index contributed by atoms with van der Waals surface area (Å²) in [5.41, 5.74) is 0.0139. The summed E-state index contributed by atoms with van der Waals surface area (Å²) < 4.78 is 5.25. The van der Waals surface area contributed by atoms with Crippen molar-refractivity contribution in [1.29, 1.82) is 0 Å². The molecule has 0 radical (unpaired) electrons. The number of carbonyl (C=O) groups excluding carboxylic acids is 1. The van der Waals surface area contributed by atoms with E-state index in [1.807, 2.05) is 25.7 Å². The molecule has 0 aromatic carbocycles. The van der Waals surface area contributed by atoms with Gasteiger partial charge >= 0.3 is 5.97 Å².